The molecular weight excluding hydrogens is 292 g/mol. The number of nitrogens with one attached hydrogen (secondary N) is 1. The fraction of sp³-hybridized carbons (Fsp3) is 0.500. The number of ether oxygens (including phenoxy) is 1. The first-order valence-corrected chi connectivity index (χ1v) is 7.78. The normalized spacial score (nSPS) is 18.8. The molecule has 1 aliphatic heterocycles. The molecule has 1 fully saturated rings. The van der Waals surface area contributed by atoms with E-state index >= 15 is 0 Å². The monoisotopic (exact) mass is 314 g/mol. The maximum atomic E-state index is 5.66. The number of anilines is 1. The van der Waals surface area contributed by atoms with Crippen molar-refractivity contribution in [2.45, 2.75) is 26.4 Å². The lowest BCUT2D eigenvalue weighted by Crippen LogP contribution is -2.40. The van der Waals surface area contributed by atoms with Gasteiger partial charge in [0.2, 0.25) is 0 Å². The largest absolute Gasteiger partial charge is 0.378 e. The number of aromatic nitrogens is 4. The topological polar surface area (TPSA) is 76.1 Å². The van der Waals surface area contributed by atoms with Gasteiger partial charge in [0, 0.05) is 44.3 Å². The SMILES string of the molecule is CNc1cc(C)nc(C2COCCN2Cc2cnc(C)cn2)n1. The third-order valence-corrected chi connectivity index (χ3v) is 3.86. The van der Waals surface area contributed by atoms with Crippen LogP contribution in [0, 0.1) is 13.8 Å². The van der Waals surface area contributed by atoms with Crippen LogP contribution >= 0.6 is 0 Å². The molecule has 1 unspecified atom stereocenters. The molecule has 0 aliphatic carbocycles. The van der Waals surface area contributed by atoms with Gasteiger partial charge in [-0.05, 0) is 13.8 Å². The molecule has 7 nitrogen and oxygen atoms in total. The van der Waals surface area contributed by atoms with Crippen LogP contribution in [-0.4, -0.2) is 51.6 Å². The molecule has 122 valence electrons. The second-order valence-corrected chi connectivity index (χ2v) is 5.71. The average Bonchev–Trinajstić information content (AvgIpc) is 2.57. The van der Waals surface area contributed by atoms with Crippen molar-refractivity contribution in [3.05, 3.63) is 41.4 Å². The highest BCUT2D eigenvalue weighted by atomic mass is 16.5. The highest BCUT2D eigenvalue weighted by Gasteiger charge is 2.27. The Kier molecular flexibility index (Phi) is 4.78. The summed E-state index contributed by atoms with van der Waals surface area (Å²) in [7, 11) is 1.86. The van der Waals surface area contributed by atoms with Gasteiger partial charge in [0.25, 0.3) is 0 Å². The lowest BCUT2D eigenvalue weighted by molar-refractivity contribution is -0.0165. The number of morpholine rings is 1. The van der Waals surface area contributed by atoms with Gasteiger partial charge in [-0.3, -0.25) is 14.9 Å². The third-order valence-electron chi connectivity index (χ3n) is 3.86. The van der Waals surface area contributed by atoms with Crippen molar-refractivity contribution in [1.82, 2.24) is 24.8 Å². The van der Waals surface area contributed by atoms with Gasteiger partial charge in [-0.25, -0.2) is 9.97 Å². The van der Waals surface area contributed by atoms with Crippen LogP contribution in [0.2, 0.25) is 0 Å². The molecule has 23 heavy (non-hydrogen) atoms. The van der Waals surface area contributed by atoms with Crippen LogP contribution in [0.1, 0.15) is 28.9 Å². The van der Waals surface area contributed by atoms with Crippen molar-refractivity contribution in [2.75, 3.05) is 32.1 Å². The lowest BCUT2D eigenvalue weighted by Gasteiger charge is -2.34. The van der Waals surface area contributed by atoms with Crippen LogP contribution in [0.5, 0.6) is 0 Å². The van der Waals surface area contributed by atoms with E-state index < -0.39 is 0 Å². The summed E-state index contributed by atoms with van der Waals surface area (Å²) in [6.07, 6.45) is 3.63. The molecule has 7 heteroatoms. The van der Waals surface area contributed by atoms with Gasteiger partial charge in [-0.2, -0.15) is 0 Å². The van der Waals surface area contributed by atoms with E-state index in [2.05, 4.69) is 30.2 Å². The molecule has 1 saturated heterocycles. The molecule has 0 saturated carbocycles. The minimum absolute atomic E-state index is 0.0267. The molecule has 0 amide bonds. The van der Waals surface area contributed by atoms with E-state index in [1.165, 1.54) is 0 Å². The molecule has 0 radical (unpaired) electrons. The quantitative estimate of drug-likeness (QED) is 0.916. The molecule has 3 rings (SSSR count). The maximum absolute atomic E-state index is 5.66. The highest BCUT2D eigenvalue weighted by Crippen LogP contribution is 2.24. The zero-order valence-corrected chi connectivity index (χ0v) is 13.8. The maximum Gasteiger partial charge on any atom is 0.150 e. The molecular formula is C16H22N6O. The van der Waals surface area contributed by atoms with E-state index in [1.807, 2.05) is 33.2 Å². The summed E-state index contributed by atoms with van der Waals surface area (Å²) < 4.78 is 5.66. The van der Waals surface area contributed by atoms with Gasteiger partial charge in [0.1, 0.15) is 11.6 Å². The van der Waals surface area contributed by atoms with Crippen LogP contribution in [0.4, 0.5) is 5.82 Å². The zero-order chi connectivity index (χ0) is 16.2. The molecule has 0 spiro atoms. The summed E-state index contributed by atoms with van der Waals surface area (Å²) in [5.41, 5.74) is 2.82. The minimum Gasteiger partial charge on any atom is -0.378 e. The predicted molar refractivity (Wildman–Crippen MR) is 87.1 cm³/mol. The van der Waals surface area contributed by atoms with Gasteiger partial charge in [0.05, 0.1) is 30.6 Å². The number of nitrogens with zero attached hydrogens (tertiary/aromatic N) is 5. The second kappa shape index (κ2) is 6.97. The number of hydrogen-bond acceptors (Lipinski definition) is 7. The first kappa shape index (κ1) is 15.8. The highest BCUT2D eigenvalue weighted by molar-refractivity contribution is 5.35. The van der Waals surface area contributed by atoms with Crippen molar-refractivity contribution < 1.29 is 4.74 Å². The molecule has 0 bridgehead atoms. The molecule has 0 aromatic carbocycles. The first-order chi connectivity index (χ1) is 11.2. The number of hydrogen-bond donors (Lipinski definition) is 1. The molecule has 1 N–H and O–H groups in total. The Labute approximate surface area is 136 Å². The predicted octanol–water partition coefficient (Wildman–Crippen LogP) is 1.50. The van der Waals surface area contributed by atoms with Crippen molar-refractivity contribution in [3.8, 4) is 0 Å². The zero-order valence-electron chi connectivity index (χ0n) is 13.8. The Morgan fingerprint density at radius 2 is 2.09 bits per heavy atom. The number of aryl methyl sites for hydroxylation is 2. The Morgan fingerprint density at radius 3 is 2.83 bits per heavy atom. The van der Waals surface area contributed by atoms with Crippen molar-refractivity contribution in [3.63, 3.8) is 0 Å². The molecule has 1 atom stereocenters. The molecule has 2 aromatic heterocycles. The Hall–Kier alpha value is -2.12. The van der Waals surface area contributed by atoms with E-state index in [-0.39, 0.29) is 6.04 Å². The summed E-state index contributed by atoms with van der Waals surface area (Å²) in [6.45, 7) is 6.76. The molecule has 3 heterocycles. The van der Waals surface area contributed by atoms with E-state index in [1.54, 1.807) is 6.20 Å². The lowest BCUT2D eigenvalue weighted by atomic mass is 10.2. The van der Waals surface area contributed by atoms with Crippen LogP contribution in [-0.2, 0) is 11.3 Å². The summed E-state index contributed by atoms with van der Waals surface area (Å²) in [6, 6.07) is 1.96. The van der Waals surface area contributed by atoms with Crippen LogP contribution < -0.4 is 5.32 Å². The number of rotatable bonds is 4. The summed E-state index contributed by atoms with van der Waals surface area (Å²) in [5, 5.41) is 3.09. The first-order valence-electron chi connectivity index (χ1n) is 7.78. The Bertz CT molecular complexity index is 660. The van der Waals surface area contributed by atoms with Gasteiger partial charge in [-0.1, -0.05) is 0 Å². The fourth-order valence-corrected chi connectivity index (χ4v) is 2.64. The smallest absolute Gasteiger partial charge is 0.150 e. The third kappa shape index (κ3) is 3.80. The van der Waals surface area contributed by atoms with E-state index in [9.17, 15) is 0 Å². The van der Waals surface area contributed by atoms with Crippen LogP contribution in [0.25, 0.3) is 0 Å². The van der Waals surface area contributed by atoms with E-state index in [0.29, 0.717) is 19.8 Å². The van der Waals surface area contributed by atoms with Gasteiger partial charge in [-0.15, -0.1) is 0 Å². The standard InChI is InChI=1S/C16H22N6O/c1-11-6-15(17-3)21-16(20-11)14-10-23-5-4-22(14)9-13-8-18-12(2)7-19-13/h6-8,14H,4-5,9-10H2,1-3H3,(H,17,20,21). The van der Waals surface area contributed by atoms with Gasteiger partial charge < -0.3 is 10.1 Å². The average molecular weight is 314 g/mol. The second-order valence-electron chi connectivity index (χ2n) is 5.71. The fourth-order valence-electron chi connectivity index (χ4n) is 2.64. The summed E-state index contributed by atoms with van der Waals surface area (Å²) in [4.78, 5) is 20.3. The van der Waals surface area contributed by atoms with Crippen molar-refractivity contribution in [2.24, 2.45) is 0 Å². The van der Waals surface area contributed by atoms with Crippen LogP contribution in [0.15, 0.2) is 18.5 Å². The summed E-state index contributed by atoms with van der Waals surface area (Å²) in [5.74, 6) is 1.61. The van der Waals surface area contributed by atoms with Crippen molar-refractivity contribution in [1.29, 1.82) is 0 Å². The van der Waals surface area contributed by atoms with Gasteiger partial charge in [0.15, 0.2) is 0 Å². The Balaban J connectivity index is 1.83. The van der Waals surface area contributed by atoms with Gasteiger partial charge >= 0.3 is 0 Å². The minimum atomic E-state index is 0.0267. The Morgan fingerprint density at radius 1 is 1.22 bits per heavy atom. The van der Waals surface area contributed by atoms with Crippen LogP contribution in [0.3, 0.4) is 0 Å². The van der Waals surface area contributed by atoms with E-state index in [4.69, 9.17) is 4.74 Å². The molecule has 1 aliphatic rings. The van der Waals surface area contributed by atoms with Crippen molar-refractivity contribution >= 4 is 5.82 Å². The summed E-state index contributed by atoms with van der Waals surface area (Å²) >= 11 is 0. The molecule has 2 aromatic rings. The van der Waals surface area contributed by atoms with E-state index in [0.717, 1.165) is 35.3 Å².